The number of sulfone groups is 1. The van der Waals surface area contributed by atoms with E-state index < -0.39 is 20.5 Å². The zero-order chi connectivity index (χ0) is 24.4. The summed E-state index contributed by atoms with van der Waals surface area (Å²) in [6.45, 7) is 7.73. The zero-order valence-corrected chi connectivity index (χ0v) is 21.0. The number of benzene rings is 2. The van der Waals surface area contributed by atoms with Crippen LogP contribution in [0.3, 0.4) is 0 Å². The van der Waals surface area contributed by atoms with Crippen molar-refractivity contribution in [1.29, 1.82) is 0 Å². The standard InChI is InChI=1S/C26H34N2O4S/c1-18(2)28(5)24(29)22-12-10-21(11-13-22)17-27-25(30)26(14-6-7-15-26)33(31,32)23-16-19(3)8-9-20(23)4/h8-13,16,18H,6-7,14-15,17H2,1-5H3,(H,27,30). The summed E-state index contributed by atoms with van der Waals surface area (Å²) in [6.07, 6.45) is 2.06. The number of nitrogens with one attached hydrogen (secondary N) is 1. The minimum atomic E-state index is -3.86. The lowest BCUT2D eigenvalue weighted by atomic mass is 10.1. The first-order valence-electron chi connectivity index (χ1n) is 11.5. The summed E-state index contributed by atoms with van der Waals surface area (Å²) in [6, 6.07) is 12.5. The summed E-state index contributed by atoms with van der Waals surface area (Å²) in [5.74, 6) is -0.509. The molecule has 2 aromatic rings. The molecule has 1 saturated carbocycles. The van der Waals surface area contributed by atoms with Gasteiger partial charge in [-0.1, -0.05) is 37.1 Å². The predicted octanol–water partition coefficient (Wildman–Crippen LogP) is 4.19. The van der Waals surface area contributed by atoms with Crippen molar-refractivity contribution in [2.45, 2.75) is 75.6 Å². The van der Waals surface area contributed by atoms with Crippen LogP contribution in [0.1, 0.15) is 66.6 Å². The van der Waals surface area contributed by atoms with Crippen LogP contribution < -0.4 is 5.32 Å². The Labute approximate surface area is 197 Å². The van der Waals surface area contributed by atoms with Crippen LogP contribution in [0.25, 0.3) is 0 Å². The quantitative estimate of drug-likeness (QED) is 0.658. The fourth-order valence-corrected chi connectivity index (χ4v) is 6.71. The third-order valence-electron chi connectivity index (χ3n) is 6.72. The predicted molar refractivity (Wildman–Crippen MR) is 130 cm³/mol. The van der Waals surface area contributed by atoms with E-state index in [1.807, 2.05) is 26.8 Å². The molecule has 0 aliphatic heterocycles. The summed E-state index contributed by atoms with van der Waals surface area (Å²) in [7, 11) is -2.09. The summed E-state index contributed by atoms with van der Waals surface area (Å²) in [4.78, 5) is 27.7. The molecule has 3 rings (SSSR count). The average Bonchev–Trinajstić information content (AvgIpc) is 3.30. The van der Waals surface area contributed by atoms with Gasteiger partial charge in [0.25, 0.3) is 5.91 Å². The monoisotopic (exact) mass is 470 g/mol. The molecule has 0 spiro atoms. The SMILES string of the molecule is Cc1ccc(C)c(S(=O)(=O)C2(C(=O)NCc3ccc(C(=O)N(C)C(C)C)cc3)CCCC2)c1. The molecule has 0 radical (unpaired) electrons. The Balaban J connectivity index is 1.79. The molecule has 0 saturated heterocycles. The Morgan fingerprint density at radius 3 is 2.21 bits per heavy atom. The molecule has 178 valence electrons. The Hall–Kier alpha value is -2.67. The van der Waals surface area contributed by atoms with Crippen LogP contribution >= 0.6 is 0 Å². The van der Waals surface area contributed by atoms with Crippen molar-refractivity contribution in [3.05, 3.63) is 64.7 Å². The number of aryl methyl sites for hydroxylation is 2. The van der Waals surface area contributed by atoms with Crippen LogP contribution in [-0.2, 0) is 21.2 Å². The van der Waals surface area contributed by atoms with Crippen molar-refractivity contribution in [3.8, 4) is 0 Å². The molecule has 0 heterocycles. The Morgan fingerprint density at radius 2 is 1.64 bits per heavy atom. The van der Waals surface area contributed by atoms with Gasteiger partial charge >= 0.3 is 0 Å². The number of nitrogens with zero attached hydrogens (tertiary/aromatic N) is 1. The third kappa shape index (κ3) is 4.83. The molecule has 1 aliphatic carbocycles. The van der Waals surface area contributed by atoms with Crippen LogP contribution in [0.4, 0.5) is 0 Å². The van der Waals surface area contributed by atoms with Crippen molar-refractivity contribution in [2.75, 3.05) is 7.05 Å². The summed E-state index contributed by atoms with van der Waals surface area (Å²) in [5, 5.41) is 2.87. The fraction of sp³-hybridized carbons (Fsp3) is 0.462. The highest BCUT2D eigenvalue weighted by atomic mass is 32.2. The van der Waals surface area contributed by atoms with E-state index in [4.69, 9.17) is 0 Å². The van der Waals surface area contributed by atoms with Gasteiger partial charge in [0.05, 0.1) is 4.90 Å². The second-order valence-corrected chi connectivity index (χ2v) is 11.6. The Morgan fingerprint density at radius 1 is 1.03 bits per heavy atom. The number of hydrogen-bond acceptors (Lipinski definition) is 4. The molecule has 6 nitrogen and oxygen atoms in total. The lowest BCUT2D eigenvalue weighted by Crippen LogP contribution is -2.50. The van der Waals surface area contributed by atoms with Crippen LogP contribution in [-0.4, -0.2) is 43.0 Å². The zero-order valence-electron chi connectivity index (χ0n) is 20.1. The topological polar surface area (TPSA) is 83.5 Å². The van der Waals surface area contributed by atoms with Crippen molar-refractivity contribution in [2.24, 2.45) is 0 Å². The van der Waals surface area contributed by atoms with Gasteiger partial charge in [0, 0.05) is 25.2 Å². The number of rotatable bonds is 7. The van der Waals surface area contributed by atoms with Crippen LogP contribution in [0, 0.1) is 13.8 Å². The van der Waals surface area contributed by atoms with E-state index in [0.717, 1.165) is 11.1 Å². The highest BCUT2D eigenvalue weighted by Crippen LogP contribution is 2.41. The van der Waals surface area contributed by atoms with E-state index in [-0.39, 0.29) is 23.4 Å². The molecular formula is C26H34N2O4S. The van der Waals surface area contributed by atoms with E-state index in [0.29, 0.717) is 36.8 Å². The molecule has 33 heavy (non-hydrogen) atoms. The number of carbonyl (C=O) groups is 2. The van der Waals surface area contributed by atoms with E-state index in [2.05, 4.69) is 5.32 Å². The average molecular weight is 471 g/mol. The van der Waals surface area contributed by atoms with Gasteiger partial charge < -0.3 is 10.2 Å². The number of carbonyl (C=O) groups excluding carboxylic acids is 2. The second kappa shape index (κ2) is 9.67. The largest absolute Gasteiger partial charge is 0.351 e. The highest BCUT2D eigenvalue weighted by molar-refractivity contribution is 7.93. The van der Waals surface area contributed by atoms with Crippen molar-refractivity contribution in [1.82, 2.24) is 10.2 Å². The number of amides is 2. The van der Waals surface area contributed by atoms with Gasteiger partial charge in [-0.2, -0.15) is 0 Å². The Bertz CT molecular complexity index is 1130. The van der Waals surface area contributed by atoms with E-state index in [1.165, 1.54) is 0 Å². The fourth-order valence-electron chi connectivity index (χ4n) is 4.32. The molecule has 1 fully saturated rings. The molecule has 1 aliphatic rings. The maximum Gasteiger partial charge on any atom is 0.253 e. The van der Waals surface area contributed by atoms with Gasteiger partial charge in [0.15, 0.2) is 14.6 Å². The first-order chi connectivity index (χ1) is 15.5. The molecule has 2 amide bonds. The van der Waals surface area contributed by atoms with Gasteiger partial charge in [0.1, 0.15) is 0 Å². The first kappa shape index (κ1) is 25.0. The van der Waals surface area contributed by atoms with Gasteiger partial charge in [-0.3, -0.25) is 9.59 Å². The van der Waals surface area contributed by atoms with E-state index in [1.54, 1.807) is 55.3 Å². The second-order valence-electron chi connectivity index (χ2n) is 9.36. The smallest absolute Gasteiger partial charge is 0.253 e. The molecule has 0 unspecified atom stereocenters. The van der Waals surface area contributed by atoms with Gasteiger partial charge in [-0.15, -0.1) is 0 Å². The highest BCUT2D eigenvalue weighted by Gasteiger charge is 2.53. The van der Waals surface area contributed by atoms with Crippen molar-refractivity contribution >= 4 is 21.7 Å². The van der Waals surface area contributed by atoms with Gasteiger partial charge in [-0.25, -0.2) is 8.42 Å². The summed E-state index contributed by atoms with van der Waals surface area (Å²) < 4.78 is 26.0. The van der Waals surface area contributed by atoms with E-state index >= 15 is 0 Å². The Kier molecular flexibility index (Phi) is 7.32. The minimum Gasteiger partial charge on any atom is -0.351 e. The molecule has 2 aromatic carbocycles. The van der Waals surface area contributed by atoms with Crippen molar-refractivity contribution in [3.63, 3.8) is 0 Å². The normalized spacial score (nSPS) is 15.5. The van der Waals surface area contributed by atoms with Gasteiger partial charge in [-0.05, 0) is 75.4 Å². The lowest BCUT2D eigenvalue weighted by Gasteiger charge is -2.28. The van der Waals surface area contributed by atoms with E-state index in [9.17, 15) is 18.0 Å². The molecule has 0 aromatic heterocycles. The molecule has 0 atom stereocenters. The van der Waals surface area contributed by atoms with Gasteiger partial charge in [0.2, 0.25) is 5.91 Å². The summed E-state index contributed by atoms with van der Waals surface area (Å²) >= 11 is 0. The third-order valence-corrected chi connectivity index (χ3v) is 9.36. The van der Waals surface area contributed by atoms with Crippen molar-refractivity contribution < 1.29 is 18.0 Å². The lowest BCUT2D eigenvalue weighted by molar-refractivity contribution is -0.123. The summed E-state index contributed by atoms with van der Waals surface area (Å²) in [5.41, 5.74) is 2.90. The molecule has 7 heteroatoms. The van der Waals surface area contributed by atoms with Crippen LogP contribution in [0.5, 0.6) is 0 Å². The number of hydrogen-bond donors (Lipinski definition) is 1. The minimum absolute atomic E-state index is 0.0647. The molecular weight excluding hydrogens is 436 g/mol. The maximum atomic E-state index is 13.7. The van der Waals surface area contributed by atoms with Crippen LogP contribution in [0.15, 0.2) is 47.4 Å². The maximum absolute atomic E-state index is 13.7. The van der Waals surface area contributed by atoms with Crippen LogP contribution in [0.2, 0.25) is 0 Å². The first-order valence-corrected chi connectivity index (χ1v) is 12.9. The molecule has 1 N–H and O–H groups in total. The molecule has 0 bridgehead atoms.